The van der Waals surface area contributed by atoms with Gasteiger partial charge in [0.1, 0.15) is 0 Å². The molecule has 1 amide bonds. The van der Waals surface area contributed by atoms with Gasteiger partial charge in [0.15, 0.2) is 15.8 Å². The quantitative estimate of drug-likeness (QED) is 0.680. The van der Waals surface area contributed by atoms with Crippen molar-refractivity contribution in [3.8, 4) is 11.5 Å². The van der Waals surface area contributed by atoms with E-state index in [1.54, 1.807) is 32.4 Å². The van der Waals surface area contributed by atoms with Gasteiger partial charge < -0.3 is 20.1 Å². The summed E-state index contributed by atoms with van der Waals surface area (Å²) >= 11 is 2.87. The first-order valence-electron chi connectivity index (χ1n) is 7.88. The third-order valence-electron chi connectivity index (χ3n) is 3.61. The van der Waals surface area contributed by atoms with Crippen LogP contribution in [0.5, 0.6) is 11.5 Å². The van der Waals surface area contributed by atoms with Crippen LogP contribution in [0.3, 0.4) is 0 Å². The molecule has 2 aromatic rings. The summed E-state index contributed by atoms with van der Waals surface area (Å²) in [6, 6.07) is 5.81. The van der Waals surface area contributed by atoms with Gasteiger partial charge in [0.05, 0.1) is 19.5 Å². The summed E-state index contributed by atoms with van der Waals surface area (Å²) < 4.78 is 11.2. The fourth-order valence-corrected chi connectivity index (χ4v) is 4.05. The van der Waals surface area contributed by atoms with E-state index in [1.807, 2.05) is 6.92 Å². The Balaban J connectivity index is 1.57. The molecule has 2 N–H and O–H groups in total. The van der Waals surface area contributed by atoms with Crippen LogP contribution in [-0.4, -0.2) is 41.6 Å². The van der Waals surface area contributed by atoms with E-state index in [4.69, 9.17) is 9.47 Å². The zero-order chi connectivity index (χ0) is 17.8. The number of aromatic nitrogens is 2. The molecule has 0 bridgehead atoms. The number of rotatable bonds is 8. The van der Waals surface area contributed by atoms with Crippen molar-refractivity contribution >= 4 is 39.8 Å². The first kappa shape index (κ1) is 17.8. The maximum Gasteiger partial charge on any atom is 0.237 e. The van der Waals surface area contributed by atoms with E-state index in [2.05, 4.69) is 20.8 Å². The molecule has 1 saturated carbocycles. The van der Waals surface area contributed by atoms with E-state index >= 15 is 0 Å². The van der Waals surface area contributed by atoms with Crippen molar-refractivity contribution in [2.75, 3.05) is 24.9 Å². The maximum absolute atomic E-state index is 12.4. The number of hydrogen-bond donors (Lipinski definition) is 2. The Labute approximate surface area is 154 Å². The average molecular weight is 380 g/mol. The van der Waals surface area contributed by atoms with Crippen LogP contribution >= 0.6 is 23.1 Å². The van der Waals surface area contributed by atoms with Crippen LogP contribution in [0.1, 0.15) is 19.8 Å². The Hall–Kier alpha value is -2.00. The number of ether oxygens (including phenoxy) is 2. The monoisotopic (exact) mass is 380 g/mol. The fourth-order valence-electron chi connectivity index (χ4n) is 2.08. The SMILES string of the molecule is COc1ccc(NC(=O)C(C)Sc2nnc(NC3CC3)s2)cc1OC. The van der Waals surface area contributed by atoms with Gasteiger partial charge in [0, 0.05) is 17.8 Å². The van der Waals surface area contributed by atoms with E-state index < -0.39 is 0 Å². The zero-order valence-corrected chi connectivity index (χ0v) is 15.9. The molecule has 1 aromatic heterocycles. The van der Waals surface area contributed by atoms with Gasteiger partial charge >= 0.3 is 0 Å². The van der Waals surface area contributed by atoms with Crippen LogP contribution in [0, 0.1) is 0 Å². The second-order valence-electron chi connectivity index (χ2n) is 5.61. The largest absolute Gasteiger partial charge is 0.493 e. The highest BCUT2D eigenvalue weighted by Crippen LogP contribution is 2.33. The van der Waals surface area contributed by atoms with E-state index in [-0.39, 0.29) is 11.2 Å². The van der Waals surface area contributed by atoms with Gasteiger partial charge in [-0.05, 0) is 31.9 Å². The topological polar surface area (TPSA) is 85.4 Å². The van der Waals surface area contributed by atoms with Gasteiger partial charge in [0.25, 0.3) is 0 Å². The maximum atomic E-state index is 12.4. The van der Waals surface area contributed by atoms with E-state index in [9.17, 15) is 4.79 Å². The summed E-state index contributed by atoms with van der Waals surface area (Å²) in [5, 5.41) is 14.9. The van der Waals surface area contributed by atoms with Crippen LogP contribution in [0.15, 0.2) is 22.5 Å². The van der Waals surface area contributed by atoms with Crippen LogP contribution < -0.4 is 20.1 Å². The van der Waals surface area contributed by atoms with E-state index in [0.29, 0.717) is 23.2 Å². The number of methoxy groups -OCH3 is 2. The lowest BCUT2D eigenvalue weighted by Gasteiger charge is -2.13. The molecule has 1 aromatic carbocycles. The molecule has 1 aliphatic rings. The molecule has 1 heterocycles. The highest BCUT2D eigenvalue weighted by atomic mass is 32.2. The molecule has 3 rings (SSSR count). The highest BCUT2D eigenvalue weighted by Gasteiger charge is 2.23. The minimum atomic E-state index is -0.296. The van der Waals surface area contributed by atoms with Crippen LogP contribution in [0.25, 0.3) is 0 Å². The molecule has 7 nitrogen and oxygen atoms in total. The summed E-state index contributed by atoms with van der Waals surface area (Å²) in [4.78, 5) is 12.4. The number of carbonyl (C=O) groups is 1. The number of nitrogens with one attached hydrogen (secondary N) is 2. The van der Waals surface area contributed by atoms with Crippen molar-refractivity contribution in [1.82, 2.24) is 10.2 Å². The molecule has 0 aliphatic heterocycles. The normalized spacial score (nSPS) is 14.7. The Kier molecular flexibility index (Phi) is 5.64. The first-order valence-corrected chi connectivity index (χ1v) is 9.58. The second-order valence-corrected chi connectivity index (χ2v) is 8.18. The standard InChI is InChI=1S/C16H20N4O3S2/c1-9(24-16-20-19-15(25-16)18-10-4-5-10)14(21)17-11-6-7-12(22-2)13(8-11)23-3/h6-10H,4-5H2,1-3H3,(H,17,21)(H,18,19). The van der Waals surface area contributed by atoms with Gasteiger partial charge in [-0.3, -0.25) is 4.79 Å². The molecule has 1 fully saturated rings. The summed E-state index contributed by atoms with van der Waals surface area (Å²) in [7, 11) is 3.13. The lowest BCUT2D eigenvalue weighted by atomic mass is 10.2. The van der Waals surface area contributed by atoms with Gasteiger partial charge in [-0.1, -0.05) is 23.1 Å². The number of amides is 1. The number of carbonyl (C=O) groups excluding carboxylic acids is 1. The third-order valence-corrected chi connectivity index (χ3v) is 5.65. The summed E-state index contributed by atoms with van der Waals surface area (Å²) in [5.41, 5.74) is 0.656. The molecular formula is C16H20N4O3S2. The Morgan fingerprint density at radius 1 is 1.28 bits per heavy atom. The number of anilines is 2. The molecule has 134 valence electrons. The molecular weight excluding hydrogens is 360 g/mol. The predicted octanol–water partition coefficient (Wildman–Crippen LogP) is 3.25. The number of thioether (sulfide) groups is 1. The molecule has 0 radical (unpaired) electrons. The Morgan fingerprint density at radius 2 is 2.04 bits per heavy atom. The zero-order valence-electron chi connectivity index (χ0n) is 14.2. The lowest BCUT2D eigenvalue weighted by Crippen LogP contribution is -2.22. The van der Waals surface area contributed by atoms with Crippen molar-refractivity contribution in [2.45, 2.75) is 35.4 Å². The highest BCUT2D eigenvalue weighted by molar-refractivity contribution is 8.02. The van der Waals surface area contributed by atoms with Gasteiger partial charge in [-0.2, -0.15) is 0 Å². The molecule has 1 unspecified atom stereocenters. The molecule has 25 heavy (non-hydrogen) atoms. The Bertz CT molecular complexity index is 749. The van der Waals surface area contributed by atoms with Crippen molar-refractivity contribution in [3.63, 3.8) is 0 Å². The number of hydrogen-bond acceptors (Lipinski definition) is 8. The van der Waals surface area contributed by atoms with E-state index in [0.717, 1.165) is 9.47 Å². The van der Waals surface area contributed by atoms with Crippen LogP contribution in [0.2, 0.25) is 0 Å². The van der Waals surface area contributed by atoms with Crippen molar-refractivity contribution < 1.29 is 14.3 Å². The van der Waals surface area contributed by atoms with E-state index in [1.165, 1.54) is 35.9 Å². The van der Waals surface area contributed by atoms with Crippen molar-refractivity contribution in [2.24, 2.45) is 0 Å². The molecule has 1 atom stereocenters. The minimum absolute atomic E-state index is 0.107. The summed E-state index contributed by atoms with van der Waals surface area (Å²) in [6.45, 7) is 1.84. The number of benzene rings is 1. The number of nitrogens with zero attached hydrogens (tertiary/aromatic N) is 2. The molecule has 9 heteroatoms. The average Bonchev–Trinajstić information content (AvgIpc) is 3.32. The first-order chi connectivity index (χ1) is 12.1. The second kappa shape index (κ2) is 7.92. The van der Waals surface area contributed by atoms with Gasteiger partial charge in [-0.25, -0.2) is 0 Å². The van der Waals surface area contributed by atoms with Gasteiger partial charge in [0.2, 0.25) is 11.0 Å². The van der Waals surface area contributed by atoms with Crippen LogP contribution in [0.4, 0.5) is 10.8 Å². The third kappa shape index (κ3) is 4.76. The molecule has 0 saturated heterocycles. The van der Waals surface area contributed by atoms with Crippen molar-refractivity contribution in [1.29, 1.82) is 0 Å². The minimum Gasteiger partial charge on any atom is -0.493 e. The van der Waals surface area contributed by atoms with Gasteiger partial charge in [-0.15, -0.1) is 10.2 Å². The summed E-state index contributed by atoms with van der Waals surface area (Å²) in [6.07, 6.45) is 2.37. The summed E-state index contributed by atoms with van der Waals surface area (Å²) in [5.74, 6) is 1.08. The van der Waals surface area contributed by atoms with Crippen LogP contribution in [-0.2, 0) is 4.79 Å². The predicted molar refractivity (Wildman–Crippen MR) is 100 cm³/mol. The smallest absolute Gasteiger partial charge is 0.237 e. The molecule has 0 spiro atoms. The Morgan fingerprint density at radius 3 is 2.72 bits per heavy atom. The van der Waals surface area contributed by atoms with Crippen molar-refractivity contribution in [3.05, 3.63) is 18.2 Å². The fraction of sp³-hybridized carbons (Fsp3) is 0.438. The molecule has 1 aliphatic carbocycles. The lowest BCUT2D eigenvalue weighted by molar-refractivity contribution is -0.115.